The standard InChI is InChI=1S/C14H13ClN2OS/c15-8-3-1-4-9(7-8)17-14(18)12-10-5-2-6-11(10)19-13(12)16/h1,3-4,7H,2,5-6,16H2,(H,17,18). The maximum atomic E-state index is 12.3. The molecule has 1 aliphatic rings. The van der Waals surface area contributed by atoms with Crippen LogP contribution < -0.4 is 11.1 Å². The lowest BCUT2D eigenvalue weighted by atomic mass is 10.1. The van der Waals surface area contributed by atoms with Gasteiger partial charge in [0.2, 0.25) is 0 Å². The number of carbonyl (C=O) groups is 1. The molecule has 3 rings (SSSR count). The number of carbonyl (C=O) groups excluding carboxylic acids is 1. The smallest absolute Gasteiger partial charge is 0.258 e. The van der Waals surface area contributed by atoms with Gasteiger partial charge in [-0.3, -0.25) is 4.79 Å². The number of hydrogen-bond acceptors (Lipinski definition) is 3. The maximum Gasteiger partial charge on any atom is 0.258 e. The van der Waals surface area contributed by atoms with Crippen molar-refractivity contribution in [2.75, 3.05) is 11.1 Å². The number of nitrogens with one attached hydrogen (secondary N) is 1. The number of nitrogen functional groups attached to an aromatic ring is 1. The number of benzene rings is 1. The van der Waals surface area contributed by atoms with Crippen molar-refractivity contribution in [1.82, 2.24) is 0 Å². The van der Waals surface area contributed by atoms with Crippen molar-refractivity contribution in [3.8, 4) is 0 Å². The van der Waals surface area contributed by atoms with Crippen LogP contribution in [0.25, 0.3) is 0 Å². The number of halogens is 1. The number of hydrogen-bond donors (Lipinski definition) is 2. The first-order valence-corrected chi connectivity index (χ1v) is 7.31. The molecule has 0 atom stereocenters. The van der Waals surface area contributed by atoms with E-state index in [1.54, 1.807) is 18.2 Å². The molecule has 3 nitrogen and oxygen atoms in total. The minimum absolute atomic E-state index is 0.140. The minimum Gasteiger partial charge on any atom is -0.390 e. The van der Waals surface area contributed by atoms with Crippen LogP contribution in [0.3, 0.4) is 0 Å². The van der Waals surface area contributed by atoms with Crippen molar-refractivity contribution >= 4 is 39.5 Å². The van der Waals surface area contributed by atoms with Gasteiger partial charge in [0.1, 0.15) is 0 Å². The Hall–Kier alpha value is -1.52. The van der Waals surface area contributed by atoms with Crippen molar-refractivity contribution in [2.24, 2.45) is 0 Å². The zero-order valence-corrected chi connectivity index (χ0v) is 11.8. The fourth-order valence-electron chi connectivity index (χ4n) is 2.43. The molecule has 19 heavy (non-hydrogen) atoms. The first-order valence-electron chi connectivity index (χ1n) is 6.12. The zero-order valence-electron chi connectivity index (χ0n) is 10.2. The Morgan fingerprint density at radius 1 is 1.37 bits per heavy atom. The van der Waals surface area contributed by atoms with Gasteiger partial charge in [-0.1, -0.05) is 17.7 Å². The molecule has 98 valence electrons. The first kappa shape index (κ1) is 12.5. The van der Waals surface area contributed by atoms with Gasteiger partial charge in [0.15, 0.2) is 0 Å². The van der Waals surface area contributed by atoms with Gasteiger partial charge in [0.25, 0.3) is 5.91 Å². The number of aryl methyl sites for hydroxylation is 1. The van der Waals surface area contributed by atoms with Crippen molar-refractivity contribution in [2.45, 2.75) is 19.3 Å². The van der Waals surface area contributed by atoms with E-state index in [-0.39, 0.29) is 5.91 Å². The molecule has 1 aromatic heterocycles. The van der Waals surface area contributed by atoms with E-state index in [1.165, 1.54) is 16.2 Å². The number of rotatable bonds is 2. The van der Waals surface area contributed by atoms with Gasteiger partial charge in [-0.05, 0) is 43.0 Å². The Bertz CT molecular complexity index is 651. The van der Waals surface area contributed by atoms with E-state index in [0.29, 0.717) is 21.3 Å². The molecule has 0 bridgehead atoms. The molecule has 1 aromatic carbocycles. The molecule has 3 N–H and O–H groups in total. The van der Waals surface area contributed by atoms with E-state index in [0.717, 1.165) is 24.8 Å². The maximum absolute atomic E-state index is 12.3. The third-order valence-electron chi connectivity index (χ3n) is 3.26. The first-order chi connectivity index (χ1) is 9.15. The van der Waals surface area contributed by atoms with E-state index in [2.05, 4.69) is 5.32 Å². The molecule has 0 radical (unpaired) electrons. The predicted octanol–water partition coefficient (Wildman–Crippen LogP) is 3.72. The van der Waals surface area contributed by atoms with E-state index < -0.39 is 0 Å². The second-order valence-electron chi connectivity index (χ2n) is 4.56. The van der Waals surface area contributed by atoms with Crippen LogP contribution in [0.15, 0.2) is 24.3 Å². The second-order valence-corrected chi connectivity index (χ2v) is 6.13. The van der Waals surface area contributed by atoms with Crippen LogP contribution in [0, 0.1) is 0 Å². The summed E-state index contributed by atoms with van der Waals surface area (Å²) in [6, 6.07) is 7.11. The summed E-state index contributed by atoms with van der Waals surface area (Å²) in [6.07, 6.45) is 3.09. The summed E-state index contributed by atoms with van der Waals surface area (Å²) in [5.41, 5.74) is 8.43. The molecule has 0 fully saturated rings. The Morgan fingerprint density at radius 3 is 3.00 bits per heavy atom. The largest absolute Gasteiger partial charge is 0.390 e. The number of thiophene rings is 1. The molecule has 1 heterocycles. The SMILES string of the molecule is Nc1sc2c(c1C(=O)Nc1cccc(Cl)c1)CCC2. The van der Waals surface area contributed by atoms with Gasteiger partial charge < -0.3 is 11.1 Å². The normalized spacial score (nSPS) is 13.3. The molecule has 0 spiro atoms. The molecular weight excluding hydrogens is 280 g/mol. The van der Waals surface area contributed by atoms with Gasteiger partial charge in [-0.25, -0.2) is 0 Å². The Labute approximate surface area is 120 Å². The Kier molecular flexibility index (Phi) is 3.21. The highest BCUT2D eigenvalue weighted by molar-refractivity contribution is 7.16. The molecule has 2 aromatic rings. The monoisotopic (exact) mass is 292 g/mol. The summed E-state index contributed by atoms with van der Waals surface area (Å²) in [4.78, 5) is 13.6. The lowest BCUT2D eigenvalue weighted by Gasteiger charge is -2.06. The van der Waals surface area contributed by atoms with Crippen LogP contribution >= 0.6 is 22.9 Å². The van der Waals surface area contributed by atoms with Crippen molar-refractivity contribution in [3.05, 3.63) is 45.3 Å². The number of amides is 1. The number of nitrogens with two attached hydrogens (primary N) is 1. The van der Waals surface area contributed by atoms with Gasteiger partial charge in [0.05, 0.1) is 10.6 Å². The van der Waals surface area contributed by atoms with Gasteiger partial charge in [-0.2, -0.15) is 0 Å². The van der Waals surface area contributed by atoms with Crippen LogP contribution in [-0.2, 0) is 12.8 Å². The Balaban J connectivity index is 1.89. The minimum atomic E-state index is -0.140. The Morgan fingerprint density at radius 2 is 2.21 bits per heavy atom. The molecule has 1 amide bonds. The fraction of sp³-hybridized carbons (Fsp3) is 0.214. The van der Waals surface area contributed by atoms with Crippen LogP contribution in [-0.4, -0.2) is 5.91 Å². The van der Waals surface area contributed by atoms with Gasteiger partial charge in [-0.15, -0.1) is 11.3 Å². The molecule has 5 heteroatoms. The third kappa shape index (κ3) is 2.33. The molecule has 0 aliphatic heterocycles. The van der Waals surface area contributed by atoms with E-state index in [9.17, 15) is 4.79 Å². The van der Waals surface area contributed by atoms with Crippen LogP contribution in [0.1, 0.15) is 27.2 Å². The number of fused-ring (bicyclic) bond motifs is 1. The molecule has 0 saturated heterocycles. The summed E-state index contributed by atoms with van der Waals surface area (Å²) in [5, 5.41) is 4.07. The summed E-state index contributed by atoms with van der Waals surface area (Å²) >= 11 is 7.44. The molecule has 0 saturated carbocycles. The lowest BCUT2D eigenvalue weighted by Crippen LogP contribution is -2.14. The highest BCUT2D eigenvalue weighted by Gasteiger charge is 2.25. The predicted molar refractivity (Wildman–Crippen MR) is 80.2 cm³/mol. The highest BCUT2D eigenvalue weighted by Crippen LogP contribution is 2.37. The van der Waals surface area contributed by atoms with E-state index >= 15 is 0 Å². The van der Waals surface area contributed by atoms with Crippen LogP contribution in [0.2, 0.25) is 5.02 Å². The topological polar surface area (TPSA) is 55.1 Å². The summed E-state index contributed by atoms with van der Waals surface area (Å²) in [7, 11) is 0. The average molecular weight is 293 g/mol. The lowest BCUT2D eigenvalue weighted by molar-refractivity contribution is 0.102. The number of anilines is 2. The summed E-state index contributed by atoms with van der Waals surface area (Å²) in [6.45, 7) is 0. The van der Waals surface area contributed by atoms with Crippen molar-refractivity contribution < 1.29 is 4.79 Å². The molecule has 0 unspecified atom stereocenters. The van der Waals surface area contributed by atoms with Gasteiger partial charge >= 0.3 is 0 Å². The van der Waals surface area contributed by atoms with E-state index in [1.807, 2.05) is 6.07 Å². The molecule has 1 aliphatic carbocycles. The fourth-order valence-corrected chi connectivity index (χ4v) is 3.78. The van der Waals surface area contributed by atoms with Crippen LogP contribution in [0.4, 0.5) is 10.7 Å². The summed E-state index contributed by atoms with van der Waals surface area (Å²) in [5.74, 6) is -0.140. The quantitative estimate of drug-likeness (QED) is 0.886. The highest BCUT2D eigenvalue weighted by atomic mass is 35.5. The molecular formula is C14H13ClN2OS. The zero-order chi connectivity index (χ0) is 13.4. The van der Waals surface area contributed by atoms with Crippen LogP contribution in [0.5, 0.6) is 0 Å². The third-order valence-corrected chi connectivity index (χ3v) is 4.61. The van der Waals surface area contributed by atoms with E-state index in [4.69, 9.17) is 17.3 Å². The van der Waals surface area contributed by atoms with Crippen molar-refractivity contribution in [1.29, 1.82) is 0 Å². The average Bonchev–Trinajstić information content (AvgIpc) is 2.88. The second kappa shape index (κ2) is 4.87. The summed E-state index contributed by atoms with van der Waals surface area (Å²) < 4.78 is 0. The van der Waals surface area contributed by atoms with Gasteiger partial charge in [0, 0.05) is 15.6 Å². The van der Waals surface area contributed by atoms with Crippen molar-refractivity contribution in [3.63, 3.8) is 0 Å².